The van der Waals surface area contributed by atoms with Crippen molar-refractivity contribution in [2.45, 2.75) is 6.10 Å². The van der Waals surface area contributed by atoms with E-state index in [2.05, 4.69) is 5.32 Å². The second-order valence-corrected chi connectivity index (χ2v) is 4.90. The minimum Gasteiger partial charge on any atom is -0.489 e. The van der Waals surface area contributed by atoms with Gasteiger partial charge in [0, 0.05) is 17.3 Å². The van der Waals surface area contributed by atoms with Gasteiger partial charge in [-0.2, -0.15) is 5.26 Å². The van der Waals surface area contributed by atoms with Crippen LogP contribution in [0.3, 0.4) is 0 Å². The Bertz CT molecular complexity index is 623. The van der Waals surface area contributed by atoms with E-state index >= 15 is 0 Å². The number of aliphatic hydroxyl groups is 1. The Kier molecular flexibility index (Phi) is 5.44. The van der Waals surface area contributed by atoms with Crippen molar-refractivity contribution in [1.82, 2.24) is 0 Å². The van der Waals surface area contributed by atoms with Crippen molar-refractivity contribution in [1.29, 1.82) is 5.26 Å². The second kappa shape index (κ2) is 7.53. The number of benzene rings is 2. The van der Waals surface area contributed by atoms with Crippen molar-refractivity contribution in [3.8, 4) is 11.8 Å². The topological polar surface area (TPSA) is 65.3 Å². The summed E-state index contributed by atoms with van der Waals surface area (Å²) in [6.07, 6.45) is -0.688. The maximum atomic E-state index is 9.89. The molecule has 0 amide bonds. The third kappa shape index (κ3) is 4.67. The van der Waals surface area contributed by atoms with E-state index in [9.17, 15) is 5.11 Å². The molecule has 21 heavy (non-hydrogen) atoms. The van der Waals surface area contributed by atoms with Crippen LogP contribution in [-0.2, 0) is 0 Å². The SMILES string of the molecule is N#Cc1ccccc1OCC(O)CNc1ccc(Cl)cc1. The first-order chi connectivity index (χ1) is 10.2. The Morgan fingerprint density at radius 3 is 2.62 bits per heavy atom. The lowest BCUT2D eigenvalue weighted by molar-refractivity contribution is 0.117. The van der Waals surface area contributed by atoms with Crippen molar-refractivity contribution in [3.05, 3.63) is 59.1 Å². The van der Waals surface area contributed by atoms with Crippen molar-refractivity contribution < 1.29 is 9.84 Å². The van der Waals surface area contributed by atoms with Crippen LogP contribution in [0.25, 0.3) is 0 Å². The fraction of sp³-hybridized carbons (Fsp3) is 0.188. The van der Waals surface area contributed by atoms with Crippen molar-refractivity contribution in [2.24, 2.45) is 0 Å². The van der Waals surface area contributed by atoms with E-state index in [1.165, 1.54) is 0 Å². The van der Waals surface area contributed by atoms with Crippen LogP contribution in [0.15, 0.2) is 48.5 Å². The number of ether oxygens (including phenoxy) is 1. The van der Waals surface area contributed by atoms with Crippen LogP contribution >= 0.6 is 11.6 Å². The molecule has 0 aromatic heterocycles. The molecule has 0 saturated carbocycles. The van der Waals surface area contributed by atoms with Crippen molar-refractivity contribution >= 4 is 17.3 Å². The average molecular weight is 303 g/mol. The Labute approximate surface area is 128 Å². The average Bonchev–Trinajstić information content (AvgIpc) is 2.52. The molecule has 0 aliphatic carbocycles. The molecule has 1 atom stereocenters. The van der Waals surface area contributed by atoms with Gasteiger partial charge in [0.2, 0.25) is 0 Å². The van der Waals surface area contributed by atoms with Crippen LogP contribution in [0.5, 0.6) is 5.75 Å². The molecule has 0 bridgehead atoms. The number of nitriles is 1. The van der Waals surface area contributed by atoms with Crippen LogP contribution in [-0.4, -0.2) is 24.4 Å². The fourth-order valence-electron chi connectivity index (χ4n) is 1.73. The lowest BCUT2D eigenvalue weighted by Crippen LogP contribution is -2.26. The molecule has 0 aliphatic rings. The van der Waals surface area contributed by atoms with Crippen molar-refractivity contribution in [2.75, 3.05) is 18.5 Å². The lowest BCUT2D eigenvalue weighted by atomic mass is 10.2. The van der Waals surface area contributed by atoms with Gasteiger partial charge in [-0.05, 0) is 36.4 Å². The predicted molar refractivity (Wildman–Crippen MR) is 82.6 cm³/mol. The molecule has 2 aromatic carbocycles. The molecular formula is C16H15ClN2O2. The molecule has 2 aromatic rings. The van der Waals surface area contributed by atoms with Gasteiger partial charge in [-0.25, -0.2) is 0 Å². The molecule has 4 nitrogen and oxygen atoms in total. The number of hydrogen-bond acceptors (Lipinski definition) is 4. The molecule has 2 rings (SSSR count). The second-order valence-electron chi connectivity index (χ2n) is 4.46. The maximum Gasteiger partial charge on any atom is 0.137 e. The third-order valence-electron chi connectivity index (χ3n) is 2.82. The van der Waals surface area contributed by atoms with Crippen LogP contribution in [0.2, 0.25) is 5.02 Å². The van der Waals surface area contributed by atoms with E-state index in [0.717, 1.165) is 5.69 Å². The van der Waals surface area contributed by atoms with E-state index in [-0.39, 0.29) is 6.61 Å². The van der Waals surface area contributed by atoms with Gasteiger partial charge in [-0.3, -0.25) is 0 Å². The van der Waals surface area contributed by atoms with Gasteiger partial charge in [0.05, 0.1) is 5.56 Å². The van der Waals surface area contributed by atoms with E-state index in [1.54, 1.807) is 36.4 Å². The standard InChI is InChI=1S/C16H15ClN2O2/c17-13-5-7-14(8-6-13)19-10-15(20)11-21-16-4-2-1-3-12(16)9-18/h1-8,15,19-20H,10-11H2. The summed E-state index contributed by atoms with van der Waals surface area (Å²) in [5.74, 6) is 0.477. The molecule has 2 N–H and O–H groups in total. The first-order valence-electron chi connectivity index (χ1n) is 6.48. The lowest BCUT2D eigenvalue weighted by Gasteiger charge is -2.14. The highest BCUT2D eigenvalue weighted by Crippen LogP contribution is 2.17. The Morgan fingerprint density at radius 2 is 1.90 bits per heavy atom. The smallest absolute Gasteiger partial charge is 0.137 e. The number of anilines is 1. The summed E-state index contributed by atoms with van der Waals surface area (Å²) in [7, 11) is 0. The van der Waals surface area contributed by atoms with Gasteiger partial charge in [0.1, 0.15) is 24.5 Å². The summed E-state index contributed by atoms with van der Waals surface area (Å²) in [6.45, 7) is 0.454. The molecule has 0 heterocycles. The van der Waals surface area contributed by atoms with Gasteiger partial charge in [0.25, 0.3) is 0 Å². The molecule has 108 valence electrons. The van der Waals surface area contributed by atoms with Gasteiger partial charge < -0.3 is 15.2 Å². The number of rotatable bonds is 6. The summed E-state index contributed by atoms with van der Waals surface area (Å²) >= 11 is 5.80. The largest absolute Gasteiger partial charge is 0.489 e. The first-order valence-corrected chi connectivity index (χ1v) is 6.86. The van der Waals surface area contributed by atoms with E-state index in [4.69, 9.17) is 21.6 Å². The number of hydrogen-bond donors (Lipinski definition) is 2. The van der Waals surface area contributed by atoms with Crippen LogP contribution < -0.4 is 10.1 Å². The Balaban J connectivity index is 1.81. The highest BCUT2D eigenvalue weighted by Gasteiger charge is 2.07. The predicted octanol–water partition coefficient (Wildman–Crippen LogP) is 3.06. The monoisotopic (exact) mass is 302 g/mol. The summed E-state index contributed by atoms with van der Waals surface area (Å²) in [4.78, 5) is 0. The Morgan fingerprint density at radius 1 is 1.19 bits per heavy atom. The molecular weight excluding hydrogens is 288 g/mol. The number of nitrogens with zero attached hydrogens (tertiary/aromatic N) is 1. The first kappa shape index (κ1) is 15.2. The van der Waals surface area contributed by atoms with E-state index in [1.807, 2.05) is 18.2 Å². The molecule has 0 fully saturated rings. The summed E-state index contributed by atoms with van der Waals surface area (Å²) in [5.41, 5.74) is 1.33. The van der Waals surface area contributed by atoms with Gasteiger partial charge >= 0.3 is 0 Å². The number of aliphatic hydroxyl groups excluding tert-OH is 1. The summed E-state index contributed by atoms with van der Waals surface area (Å²) < 4.78 is 5.46. The Hall–Kier alpha value is -2.22. The quantitative estimate of drug-likeness (QED) is 0.860. The summed E-state index contributed by atoms with van der Waals surface area (Å²) in [5, 5.41) is 22.6. The summed E-state index contributed by atoms with van der Waals surface area (Å²) in [6, 6.07) is 16.2. The van der Waals surface area contributed by atoms with Crippen molar-refractivity contribution in [3.63, 3.8) is 0 Å². The number of para-hydroxylation sites is 1. The van der Waals surface area contributed by atoms with Gasteiger partial charge in [0.15, 0.2) is 0 Å². The van der Waals surface area contributed by atoms with Crippen LogP contribution in [0.1, 0.15) is 5.56 Å². The third-order valence-corrected chi connectivity index (χ3v) is 3.08. The van der Waals surface area contributed by atoms with Gasteiger partial charge in [-0.1, -0.05) is 23.7 Å². The highest BCUT2D eigenvalue weighted by molar-refractivity contribution is 6.30. The minimum atomic E-state index is -0.688. The molecule has 5 heteroatoms. The van der Waals surface area contributed by atoms with Gasteiger partial charge in [-0.15, -0.1) is 0 Å². The zero-order valence-electron chi connectivity index (χ0n) is 11.3. The maximum absolute atomic E-state index is 9.89. The minimum absolute atomic E-state index is 0.110. The molecule has 1 unspecified atom stereocenters. The van der Waals surface area contributed by atoms with Crippen LogP contribution in [0, 0.1) is 11.3 Å². The zero-order chi connectivity index (χ0) is 15.1. The van der Waals surface area contributed by atoms with Crippen LogP contribution in [0.4, 0.5) is 5.69 Å². The number of halogens is 1. The normalized spacial score (nSPS) is 11.5. The molecule has 0 spiro atoms. The highest BCUT2D eigenvalue weighted by atomic mass is 35.5. The van der Waals surface area contributed by atoms with E-state index in [0.29, 0.717) is 22.9 Å². The molecule has 0 saturated heterocycles. The molecule has 0 radical (unpaired) electrons. The van der Waals surface area contributed by atoms with E-state index < -0.39 is 6.10 Å². The number of nitrogens with one attached hydrogen (secondary N) is 1. The fourth-order valence-corrected chi connectivity index (χ4v) is 1.86. The zero-order valence-corrected chi connectivity index (χ0v) is 12.0. The molecule has 0 aliphatic heterocycles.